The highest BCUT2D eigenvalue weighted by atomic mass is 79.9. The Morgan fingerprint density at radius 2 is 2.11 bits per heavy atom. The van der Waals surface area contributed by atoms with Crippen LogP contribution in [0.5, 0.6) is 5.75 Å². The smallest absolute Gasteiger partial charge is 0.123 e. The van der Waals surface area contributed by atoms with E-state index in [1.807, 2.05) is 13.1 Å². The third-order valence-electron chi connectivity index (χ3n) is 2.92. The number of anilines is 1. The van der Waals surface area contributed by atoms with Crippen molar-refractivity contribution in [1.29, 1.82) is 0 Å². The van der Waals surface area contributed by atoms with Crippen molar-refractivity contribution >= 4 is 33.0 Å². The van der Waals surface area contributed by atoms with Crippen molar-refractivity contribution in [3.8, 4) is 5.75 Å². The Hall–Kier alpha value is -1.04. The average molecular weight is 342 g/mol. The van der Waals surface area contributed by atoms with Gasteiger partial charge in [0.05, 0.1) is 12.6 Å². The van der Waals surface area contributed by atoms with Gasteiger partial charge in [-0.3, -0.25) is 0 Å². The van der Waals surface area contributed by atoms with E-state index in [4.69, 9.17) is 0 Å². The summed E-state index contributed by atoms with van der Waals surface area (Å²) in [6.45, 7) is 2.42. The molecule has 0 radical (unpaired) electrons. The summed E-state index contributed by atoms with van der Waals surface area (Å²) in [5, 5.41) is 21.4. The molecule has 0 aliphatic carbocycles. The molecule has 0 saturated heterocycles. The van der Waals surface area contributed by atoms with Gasteiger partial charge in [0.15, 0.2) is 0 Å². The topological polar surface area (TPSA) is 43.7 Å². The number of phenols is 1. The summed E-state index contributed by atoms with van der Waals surface area (Å²) < 4.78 is 1.09. The quantitative estimate of drug-likeness (QED) is 0.886. The molecule has 0 spiro atoms. The molecule has 0 fully saturated rings. The number of aromatic hydroxyl groups is 1. The van der Waals surface area contributed by atoms with Gasteiger partial charge in [0, 0.05) is 39.1 Å². The highest BCUT2D eigenvalue weighted by molar-refractivity contribution is 9.10. The van der Waals surface area contributed by atoms with Crippen LogP contribution in [0.15, 0.2) is 34.1 Å². The van der Waals surface area contributed by atoms with Crippen LogP contribution >= 0.6 is 27.3 Å². The summed E-state index contributed by atoms with van der Waals surface area (Å²) in [6.07, 6.45) is -0.660. The molecule has 0 aliphatic rings. The molecule has 0 bridgehead atoms. The van der Waals surface area contributed by atoms with Crippen LogP contribution in [0.25, 0.3) is 0 Å². The Morgan fingerprint density at radius 1 is 1.37 bits per heavy atom. The van der Waals surface area contributed by atoms with Gasteiger partial charge in [-0.2, -0.15) is 0 Å². The van der Waals surface area contributed by atoms with Gasteiger partial charge in [0.25, 0.3) is 0 Å². The van der Waals surface area contributed by atoms with Gasteiger partial charge in [-0.1, -0.05) is 6.07 Å². The molecular weight excluding hydrogens is 326 g/mol. The average Bonchev–Trinajstić information content (AvgIpc) is 2.74. The minimum Gasteiger partial charge on any atom is -0.507 e. The minimum atomic E-state index is -0.660. The van der Waals surface area contributed by atoms with Gasteiger partial charge < -0.3 is 15.1 Å². The maximum atomic E-state index is 9.89. The van der Waals surface area contributed by atoms with Crippen molar-refractivity contribution in [3.05, 3.63) is 44.6 Å². The first-order valence-electron chi connectivity index (χ1n) is 5.92. The Bertz CT molecular complexity index is 568. The second kappa shape index (κ2) is 5.94. The highest BCUT2D eigenvalue weighted by Crippen LogP contribution is 2.30. The summed E-state index contributed by atoms with van der Waals surface area (Å²) in [7, 11) is 1.98. The zero-order valence-corrected chi connectivity index (χ0v) is 13.2. The van der Waals surface area contributed by atoms with Crippen LogP contribution in [0.4, 0.5) is 5.69 Å². The number of aliphatic hydroxyl groups excluding tert-OH is 1. The fourth-order valence-electron chi connectivity index (χ4n) is 1.88. The lowest BCUT2D eigenvalue weighted by atomic mass is 10.1. The first kappa shape index (κ1) is 14.4. The third kappa shape index (κ3) is 3.49. The molecule has 2 N–H and O–H groups in total. The molecule has 1 unspecified atom stereocenters. The first-order chi connectivity index (χ1) is 8.97. The maximum Gasteiger partial charge on any atom is 0.123 e. The summed E-state index contributed by atoms with van der Waals surface area (Å²) in [6, 6.07) is 7.44. The molecule has 102 valence electrons. The SMILES string of the molecule is CC(O)c1ccc(N(C)Cc2cc(Br)cs2)cc1O. The summed E-state index contributed by atoms with van der Waals surface area (Å²) in [4.78, 5) is 3.30. The first-order valence-corrected chi connectivity index (χ1v) is 7.59. The predicted octanol–water partition coefficient (Wildman–Crippen LogP) is 3.91. The number of aliphatic hydroxyl groups is 1. The molecule has 0 saturated carbocycles. The fraction of sp³-hybridized carbons (Fsp3) is 0.286. The second-order valence-corrected chi connectivity index (χ2v) is 6.42. The number of rotatable bonds is 4. The normalized spacial score (nSPS) is 12.4. The van der Waals surface area contributed by atoms with Gasteiger partial charge in [0.1, 0.15) is 5.75 Å². The van der Waals surface area contributed by atoms with E-state index in [9.17, 15) is 10.2 Å². The predicted molar refractivity (Wildman–Crippen MR) is 82.9 cm³/mol. The van der Waals surface area contributed by atoms with Gasteiger partial charge in [0.2, 0.25) is 0 Å². The number of thiophene rings is 1. The lowest BCUT2D eigenvalue weighted by molar-refractivity contribution is 0.195. The number of benzene rings is 1. The molecule has 5 heteroatoms. The van der Waals surface area contributed by atoms with E-state index in [-0.39, 0.29) is 5.75 Å². The molecule has 1 aromatic carbocycles. The van der Waals surface area contributed by atoms with Crippen LogP contribution < -0.4 is 4.90 Å². The van der Waals surface area contributed by atoms with E-state index < -0.39 is 6.10 Å². The lowest BCUT2D eigenvalue weighted by Crippen LogP contribution is -2.15. The van der Waals surface area contributed by atoms with Gasteiger partial charge in [-0.25, -0.2) is 0 Å². The number of hydrogen-bond donors (Lipinski definition) is 2. The van der Waals surface area contributed by atoms with Gasteiger partial charge in [-0.05, 0) is 35.0 Å². The molecule has 2 aromatic rings. The zero-order chi connectivity index (χ0) is 14.0. The van der Waals surface area contributed by atoms with E-state index in [0.717, 1.165) is 16.7 Å². The molecule has 0 amide bonds. The van der Waals surface area contributed by atoms with Crippen molar-refractivity contribution in [3.63, 3.8) is 0 Å². The second-order valence-electron chi connectivity index (χ2n) is 4.51. The van der Waals surface area contributed by atoms with Crippen LogP contribution in [0, 0.1) is 0 Å². The molecule has 0 aliphatic heterocycles. The molecule has 2 rings (SSSR count). The third-order valence-corrected chi connectivity index (χ3v) is 4.60. The highest BCUT2D eigenvalue weighted by Gasteiger charge is 2.10. The number of phenolic OH excluding ortho intramolecular Hbond substituents is 1. The van der Waals surface area contributed by atoms with Gasteiger partial charge >= 0.3 is 0 Å². The van der Waals surface area contributed by atoms with E-state index in [2.05, 4.69) is 32.3 Å². The number of hydrogen-bond acceptors (Lipinski definition) is 4. The van der Waals surface area contributed by atoms with Crippen LogP contribution in [-0.2, 0) is 6.54 Å². The van der Waals surface area contributed by atoms with Crippen molar-refractivity contribution in [2.45, 2.75) is 19.6 Å². The van der Waals surface area contributed by atoms with Crippen molar-refractivity contribution in [2.24, 2.45) is 0 Å². The van der Waals surface area contributed by atoms with Crippen LogP contribution in [-0.4, -0.2) is 17.3 Å². The van der Waals surface area contributed by atoms with Crippen molar-refractivity contribution in [2.75, 3.05) is 11.9 Å². The Kier molecular flexibility index (Phi) is 4.50. The molecule has 19 heavy (non-hydrogen) atoms. The Morgan fingerprint density at radius 3 is 2.63 bits per heavy atom. The van der Waals surface area contributed by atoms with Gasteiger partial charge in [-0.15, -0.1) is 11.3 Å². The summed E-state index contributed by atoms with van der Waals surface area (Å²) in [5.74, 6) is 0.131. The van der Waals surface area contributed by atoms with Crippen LogP contribution in [0.1, 0.15) is 23.5 Å². The zero-order valence-electron chi connectivity index (χ0n) is 10.8. The van der Waals surface area contributed by atoms with Crippen molar-refractivity contribution in [1.82, 2.24) is 0 Å². The largest absolute Gasteiger partial charge is 0.507 e. The Labute approximate surface area is 125 Å². The van der Waals surface area contributed by atoms with Crippen LogP contribution in [0.2, 0.25) is 0 Å². The molecule has 1 atom stereocenters. The summed E-state index contributed by atoms with van der Waals surface area (Å²) in [5.41, 5.74) is 1.47. The van der Waals surface area contributed by atoms with E-state index in [1.165, 1.54) is 4.88 Å². The standard InChI is InChI=1S/C14H16BrNO2S/c1-9(17)13-4-3-11(6-14(13)18)16(2)7-12-5-10(15)8-19-12/h3-6,8-9,17-18H,7H2,1-2H3. The molecule has 1 heterocycles. The molecule has 1 aromatic heterocycles. The van der Waals surface area contributed by atoms with Crippen molar-refractivity contribution < 1.29 is 10.2 Å². The minimum absolute atomic E-state index is 0.131. The van der Waals surface area contributed by atoms with Crippen LogP contribution in [0.3, 0.4) is 0 Å². The maximum absolute atomic E-state index is 9.89. The molecule has 3 nitrogen and oxygen atoms in total. The monoisotopic (exact) mass is 341 g/mol. The van der Waals surface area contributed by atoms with E-state index in [1.54, 1.807) is 30.4 Å². The molecular formula is C14H16BrNO2S. The summed E-state index contributed by atoms with van der Waals surface area (Å²) >= 11 is 5.13. The Balaban J connectivity index is 2.15. The number of halogens is 1. The van der Waals surface area contributed by atoms with E-state index in [0.29, 0.717) is 5.56 Å². The lowest BCUT2D eigenvalue weighted by Gasteiger charge is -2.20. The van der Waals surface area contributed by atoms with E-state index >= 15 is 0 Å². The number of nitrogens with zero attached hydrogens (tertiary/aromatic N) is 1. The fourth-order valence-corrected chi connectivity index (χ4v) is 3.39.